The van der Waals surface area contributed by atoms with Gasteiger partial charge >= 0.3 is 0 Å². The summed E-state index contributed by atoms with van der Waals surface area (Å²) in [5.74, 6) is 0. The summed E-state index contributed by atoms with van der Waals surface area (Å²) in [5.41, 5.74) is 5.90. The zero-order chi connectivity index (χ0) is 26.0. The van der Waals surface area contributed by atoms with E-state index in [1.54, 1.807) is 0 Å². The third-order valence-corrected chi connectivity index (χ3v) is 6.98. The van der Waals surface area contributed by atoms with Crippen LogP contribution in [0.15, 0.2) is 78.9 Å². The van der Waals surface area contributed by atoms with E-state index in [4.69, 9.17) is 0 Å². The zero-order valence-corrected chi connectivity index (χ0v) is 23.4. The molecule has 0 spiro atoms. The first-order chi connectivity index (χ1) is 18.3. The highest BCUT2D eigenvalue weighted by molar-refractivity contribution is 5.78. The predicted molar refractivity (Wildman–Crippen MR) is 165 cm³/mol. The molecule has 0 bridgehead atoms. The summed E-state index contributed by atoms with van der Waals surface area (Å²) in [6.45, 7) is 6.63. The first kappa shape index (κ1) is 28.6. The van der Waals surface area contributed by atoms with Crippen molar-refractivity contribution in [3.05, 3.63) is 78.9 Å². The molecular weight excluding hydrogens is 450 g/mol. The van der Waals surface area contributed by atoms with Gasteiger partial charge in [-0.2, -0.15) is 0 Å². The number of benzene rings is 3. The molecule has 2 N–H and O–H groups in total. The quantitative estimate of drug-likeness (QED) is 0.161. The Morgan fingerprint density at radius 1 is 0.432 bits per heavy atom. The number of unbranched alkanes of at least 4 members (excludes halogenated alkanes) is 10. The van der Waals surface area contributed by atoms with Crippen molar-refractivity contribution in [1.82, 2.24) is 0 Å². The first-order valence-electron chi connectivity index (χ1n) is 14.8. The average Bonchev–Trinajstić information content (AvgIpc) is 2.94. The van der Waals surface area contributed by atoms with Crippen molar-refractivity contribution >= 4 is 28.4 Å². The molecule has 0 unspecified atom stereocenters. The van der Waals surface area contributed by atoms with Crippen molar-refractivity contribution in [2.75, 3.05) is 28.6 Å². The van der Waals surface area contributed by atoms with Crippen LogP contribution in [0, 0.1) is 0 Å². The van der Waals surface area contributed by atoms with Crippen LogP contribution < -0.4 is 15.5 Å². The highest BCUT2D eigenvalue weighted by Gasteiger charge is 2.12. The Morgan fingerprint density at radius 2 is 0.811 bits per heavy atom. The van der Waals surface area contributed by atoms with E-state index >= 15 is 0 Å². The van der Waals surface area contributed by atoms with E-state index in [1.165, 1.54) is 105 Å². The van der Waals surface area contributed by atoms with Gasteiger partial charge in [-0.25, -0.2) is 0 Å². The van der Waals surface area contributed by atoms with E-state index in [1.807, 2.05) is 0 Å². The summed E-state index contributed by atoms with van der Waals surface area (Å²) >= 11 is 0. The van der Waals surface area contributed by atoms with Gasteiger partial charge in [-0.3, -0.25) is 0 Å². The highest BCUT2D eigenvalue weighted by Crippen LogP contribution is 2.35. The molecular formula is C34H49N3. The molecule has 0 fully saturated rings. The largest absolute Gasteiger partial charge is 0.385 e. The minimum absolute atomic E-state index is 1.04. The summed E-state index contributed by atoms with van der Waals surface area (Å²) in [4.78, 5) is 2.33. The molecule has 3 aromatic rings. The predicted octanol–water partition coefficient (Wildman–Crippen LogP) is 10.7. The maximum atomic E-state index is 3.60. The van der Waals surface area contributed by atoms with E-state index < -0.39 is 0 Å². The molecule has 0 saturated carbocycles. The Kier molecular flexibility index (Phi) is 13.5. The second-order valence-electron chi connectivity index (χ2n) is 10.2. The lowest BCUT2D eigenvalue weighted by atomic mass is 10.1. The van der Waals surface area contributed by atoms with Crippen LogP contribution in [0.5, 0.6) is 0 Å². The van der Waals surface area contributed by atoms with Gasteiger partial charge in [-0.15, -0.1) is 0 Å². The van der Waals surface area contributed by atoms with Crippen LogP contribution in [0.1, 0.15) is 90.9 Å². The third kappa shape index (κ3) is 10.5. The Balaban J connectivity index is 1.57. The number of hydrogen-bond acceptors (Lipinski definition) is 3. The van der Waals surface area contributed by atoms with Gasteiger partial charge < -0.3 is 15.5 Å². The highest BCUT2D eigenvalue weighted by atomic mass is 15.1. The van der Waals surface area contributed by atoms with Crippen LogP contribution in [0.25, 0.3) is 0 Å². The van der Waals surface area contributed by atoms with Crippen molar-refractivity contribution in [2.24, 2.45) is 0 Å². The molecule has 0 aliphatic heterocycles. The summed E-state index contributed by atoms with van der Waals surface area (Å²) in [6.07, 6.45) is 15.9. The first-order valence-corrected chi connectivity index (χ1v) is 14.8. The summed E-state index contributed by atoms with van der Waals surface area (Å²) in [7, 11) is 0. The van der Waals surface area contributed by atoms with Crippen LogP contribution in [-0.2, 0) is 0 Å². The summed E-state index contributed by atoms with van der Waals surface area (Å²) in [5, 5.41) is 7.20. The van der Waals surface area contributed by atoms with E-state index in [0.717, 1.165) is 13.1 Å². The van der Waals surface area contributed by atoms with Gasteiger partial charge in [0.1, 0.15) is 0 Å². The van der Waals surface area contributed by atoms with Crippen LogP contribution in [0.3, 0.4) is 0 Å². The van der Waals surface area contributed by atoms with Crippen LogP contribution >= 0.6 is 0 Å². The second kappa shape index (κ2) is 17.5. The number of para-hydroxylation sites is 1. The Bertz CT molecular complexity index is 889. The molecule has 0 saturated heterocycles. The Labute approximate surface area is 226 Å². The van der Waals surface area contributed by atoms with E-state index in [2.05, 4.69) is 108 Å². The van der Waals surface area contributed by atoms with Crippen LogP contribution in [-0.4, -0.2) is 13.1 Å². The van der Waals surface area contributed by atoms with E-state index in [0.29, 0.717) is 0 Å². The molecule has 0 heterocycles. The second-order valence-corrected chi connectivity index (χ2v) is 10.2. The fraction of sp³-hybridized carbons (Fsp3) is 0.471. The third-order valence-electron chi connectivity index (χ3n) is 6.98. The van der Waals surface area contributed by atoms with Crippen molar-refractivity contribution < 1.29 is 0 Å². The molecule has 0 aliphatic rings. The minimum Gasteiger partial charge on any atom is -0.385 e. The molecule has 37 heavy (non-hydrogen) atoms. The standard InChI is InChI=1S/C34H49N3/c1-3-5-7-9-11-16-28-35-30-20-24-33(25-21-30)37(32-18-14-13-15-19-32)34-26-22-31(23-27-34)36-29-17-12-10-8-6-4-2/h13-15,18-27,35-36H,3-12,16-17,28-29H2,1-2H3. The van der Waals surface area contributed by atoms with Gasteiger partial charge in [0.05, 0.1) is 0 Å². The maximum Gasteiger partial charge on any atom is 0.0463 e. The lowest BCUT2D eigenvalue weighted by Gasteiger charge is -2.26. The summed E-state index contributed by atoms with van der Waals surface area (Å²) in [6, 6.07) is 28.4. The number of nitrogens with one attached hydrogen (secondary N) is 2. The van der Waals surface area contributed by atoms with Gasteiger partial charge in [0.2, 0.25) is 0 Å². The molecule has 200 valence electrons. The zero-order valence-electron chi connectivity index (χ0n) is 23.4. The van der Waals surface area contributed by atoms with Crippen LogP contribution in [0.4, 0.5) is 28.4 Å². The summed E-state index contributed by atoms with van der Waals surface area (Å²) < 4.78 is 0. The van der Waals surface area contributed by atoms with Gasteiger partial charge in [-0.05, 0) is 73.5 Å². The lowest BCUT2D eigenvalue weighted by Crippen LogP contribution is -2.10. The number of hydrogen-bond donors (Lipinski definition) is 2. The molecule has 3 heteroatoms. The molecule has 3 nitrogen and oxygen atoms in total. The Morgan fingerprint density at radius 3 is 1.24 bits per heavy atom. The van der Waals surface area contributed by atoms with Gasteiger partial charge in [0, 0.05) is 41.5 Å². The van der Waals surface area contributed by atoms with Crippen molar-refractivity contribution in [3.63, 3.8) is 0 Å². The monoisotopic (exact) mass is 499 g/mol. The normalized spacial score (nSPS) is 10.9. The molecule has 3 rings (SSSR count). The topological polar surface area (TPSA) is 27.3 Å². The Hall–Kier alpha value is -2.94. The van der Waals surface area contributed by atoms with Crippen molar-refractivity contribution in [2.45, 2.75) is 90.9 Å². The lowest BCUT2D eigenvalue weighted by molar-refractivity contribution is 0.617. The fourth-order valence-corrected chi connectivity index (χ4v) is 4.76. The van der Waals surface area contributed by atoms with Gasteiger partial charge in [0.25, 0.3) is 0 Å². The SMILES string of the molecule is CCCCCCCCNc1ccc(N(c2ccccc2)c2ccc(NCCCCCCCC)cc2)cc1. The molecule has 0 aliphatic carbocycles. The number of nitrogens with zero attached hydrogens (tertiary/aromatic N) is 1. The maximum absolute atomic E-state index is 3.60. The minimum atomic E-state index is 1.04. The van der Waals surface area contributed by atoms with Crippen LogP contribution in [0.2, 0.25) is 0 Å². The average molecular weight is 500 g/mol. The van der Waals surface area contributed by atoms with Gasteiger partial charge in [0.15, 0.2) is 0 Å². The molecule has 0 aromatic heterocycles. The van der Waals surface area contributed by atoms with E-state index in [-0.39, 0.29) is 0 Å². The smallest absolute Gasteiger partial charge is 0.0463 e. The van der Waals surface area contributed by atoms with Crippen molar-refractivity contribution in [3.8, 4) is 0 Å². The molecule has 0 atom stereocenters. The van der Waals surface area contributed by atoms with E-state index in [9.17, 15) is 0 Å². The molecule has 0 radical (unpaired) electrons. The molecule has 3 aromatic carbocycles. The fourth-order valence-electron chi connectivity index (χ4n) is 4.76. The molecule has 0 amide bonds. The number of anilines is 5. The van der Waals surface area contributed by atoms with Crippen molar-refractivity contribution in [1.29, 1.82) is 0 Å². The number of rotatable bonds is 19. The van der Waals surface area contributed by atoms with Gasteiger partial charge in [-0.1, -0.05) is 96.3 Å².